The molecular formula is C22H24N2O5. The minimum atomic E-state index is -0.520. The predicted molar refractivity (Wildman–Crippen MR) is 106 cm³/mol. The van der Waals surface area contributed by atoms with E-state index >= 15 is 0 Å². The predicted octanol–water partition coefficient (Wildman–Crippen LogP) is 4.31. The van der Waals surface area contributed by atoms with Gasteiger partial charge in [0.05, 0.1) is 12.7 Å². The van der Waals surface area contributed by atoms with Crippen LogP contribution in [-0.2, 0) is 23.4 Å². The third-order valence-electron chi connectivity index (χ3n) is 4.10. The van der Waals surface area contributed by atoms with Crippen LogP contribution in [-0.4, -0.2) is 23.2 Å². The number of methoxy groups -OCH3 is 1. The molecule has 0 fully saturated rings. The van der Waals surface area contributed by atoms with Crippen molar-refractivity contribution in [3.63, 3.8) is 0 Å². The molecule has 0 bridgehead atoms. The number of esters is 1. The minimum Gasteiger partial charge on any atom is -0.493 e. The number of hydrogen-bond donors (Lipinski definition) is 0. The number of rotatable bonds is 7. The first-order valence-corrected chi connectivity index (χ1v) is 9.22. The molecule has 0 aliphatic carbocycles. The van der Waals surface area contributed by atoms with Gasteiger partial charge >= 0.3 is 5.97 Å². The van der Waals surface area contributed by atoms with E-state index in [1.807, 2.05) is 51.1 Å². The topological polar surface area (TPSA) is 83.7 Å². The van der Waals surface area contributed by atoms with Gasteiger partial charge in [-0.3, -0.25) is 0 Å². The summed E-state index contributed by atoms with van der Waals surface area (Å²) in [6.07, 6.45) is 0. The second-order valence-electron chi connectivity index (χ2n) is 7.48. The SMILES string of the molecule is COc1cc(C(=O)OCc2nc(C(C)(C)C)no2)ccc1OCc1ccccc1. The molecular weight excluding hydrogens is 372 g/mol. The highest BCUT2D eigenvalue weighted by atomic mass is 16.6. The summed E-state index contributed by atoms with van der Waals surface area (Å²) in [5.74, 6) is 1.28. The largest absolute Gasteiger partial charge is 0.493 e. The van der Waals surface area contributed by atoms with E-state index in [0.29, 0.717) is 29.5 Å². The van der Waals surface area contributed by atoms with Gasteiger partial charge in [-0.1, -0.05) is 56.3 Å². The Labute approximate surface area is 169 Å². The van der Waals surface area contributed by atoms with E-state index < -0.39 is 5.97 Å². The van der Waals surface area contributed by atoms with E-state index in [-0.39, 0.29) is 17.9 Å². The van der Waals surface area contributed by atoms with Crippen LogP contribution in [0.5, 0.6) is 11.5 Å². The second kappa shape index (κ2) is 8.77. The Bertz CT molecular complexity index is 961. The zero-order valence-electron chi connectivity index (χ0n) is 17.0. The monoisotopic (exact) mass is 396 g/mol. The molecule has 2 aromatic carbocycles. The van der Waals surface area contributed by atoms with Crippen LogP contribution in [0.1, 0.15) is 48.4 Å². The van der Waals surface area contributed by atoms with Gasteiger partial charge in [-0.25, -0.2) is 4.79 Å². The summed E-state index contributed by atoms with van der Waals surface area (Å²) >= 11 is 0. The highest BCUT2D eigenvalue weighted by molar-refractivity contribution is 5.90. The first-order chi connectivity index (χ1) is 13.9. The smallest absolute Gasteiger partial charge is 0.338 e. The summed E-state index contributed by atoms with van der Waals surface area (Å²) in [6, 6.07) is 14.7. The maximum atomic E-state index is 12.4. The van der Waals surface area contributed by atoms with Crippen molar-refractivity contribution in [3.05, 3.63) is 71.4 Å². The lowest BCUT2D eigenvalue weighted by molar-refractivity contribution is 0.0429. The van der Waals surface area contributed by atoms with Gasteiger partial charge in [0.2, 0.25) is 0 Å². The van der Waals surface area contributed by atoms with Crippen molar-refractivity contribution in [3.8, 4) is 11.5 Å². The Kier molecular flexibility index (Phi) is 6.16. The standard InChI is InChI=1S/C22H24N2O5/c1-22(2,3)21-23-19(29-24-21)14-28-20(25)16-10-11-17(18(12-16)26-4)27-13-15-8-6-5-7-9-15/h5-12H,13-14H2,1-4H3. The molecule has 0 saturated carbocycles. The van der Waals surface area contributed by atoms with Crippen LogP contribution in [0.3, 0.4) is 0 Å². The molecule has 29 heavy (non-hydrogen) atoms. The van der Waals surface area contributed by atoms with Gasteiger partial charge in [-0.05, 0) is 23.8 Å². The highest BCUT2D eigenvalue weighted by Gasteiger charge is 2.21. The average molecular weight is 396 g/mol. The Morgan fingerprint density at radius 1 is 1.03 bits per heavy atom. The molecule has 0 saturated heterocycles. The van der Waals surface area contributed by atoms with E-state index in [4.69, 9.17) is 18.7 Å². The van der Waals surface area contributed by atoms with Crippen LogP contribution in [0, 0.1) is 0 Å². The third kappa shape index (κ3) is 5.34. The van der Waals surface area contributed by atoms with Crippen molar-refractivity contribution >= 4 is 5.97 Å². The molecule has 1 aromatic heterocycles. The molecule has 0 unspecified atom stereocenters. The Morgan fingerprint density at radius 3 is 2.45 bits per heavy atom. The summed E-state index contributed by atoms with van der Waals surface area (Å²) in [6.45, 7) is 6.22. The van der Waals surface area contributed by atoms with Gasteiger partial charge in [-0.15, -0.1) is 0 Å². The lowest BCUT2D eigenvalue weighted by Gasteiger charge is -2.12. The van der Waals surface area contributed by atoms with Crippen LogP contribution >= 0.6 is 0 Å². The number of carbonyl (C=O) groups is 1. The van der Waals surface area contributed by atoms with Gasteiger partial charge < -0.3 is 18.7 Å². The summed E-state index contributed by atoms with van der Waals surface area (Å²) in [5.41, 5.74) is 1.13. The molecule has 152 valence electrons. The van der Waals surface area contributed by atoms with Crippen molar-refractivity contribution in [1.29, 1.82) is 0 Å². The third-order valence-corrected chi connectivity index (χ3v) is 4.10. The minimum absolute atomic E-state index is 0.101. The van der Waals surface area contributed by atoms with Crippen molar-refractivity contribution < 1.29 is 23.5 Å². The molecule has 0 spiro atoms. The van der Waals surface area contributed by atoms with Gasteiger partial charge in [0.1, 0.15) is 6.61 Å². The molecule has 0 N–H and O–H groups in total. The Hall–Kier alpha value is -3.35. The Morgan fingerprint density at radius 2 is 1.79 bits per heavy atom. The fraction of sp³-hybridized carbons (Fsp3) is 0.318. The molecule has 3 rings (SSSR count). The quantitative estimate of drug-likeness (QED) is 0.550. The summed E-state index contributed by atoms with van der Waals surface area (Å²) in [7, 11) is 1.52. The normalized spacial score (nSPS) is 11.2. The summed E-state index contributed by atoms with van der Waals surface area (Å²) < 4.78 is 21.6. The fourth-order valence-electron chi connectivity index (χ4n) is 2.48. The number of aromatic nitrogens is 2. The zero-order valence-corrected chi connectivity index (χ0v) is 17.0. The second-order valence-corrected chi connectivity index (χ2v) is 7.48. The van der Waals surface area contributed by atoms with Crippen LogP contribution in [0.15, 0.2) is 53.1 Å². The number of carbonyl (C=O) groups excluding carboxylic acids is 1. The molecule has 1 heterocycles. The van der Waals surface area contributed by atoms with Crippen LogP contribution < -0.4 is 9.47 Å². The van der Waals surface area contributed by atoms with E-state index in [9.17, 15) is 4.79 Å². The van der Waals surface area contributed by atoms with Crippen molar-refractivity contribution in [2.45, 2.75) is 39.4 Å². The van der Waals surface area contributed by atoms with Crippen LogP contribution in [0.2, 0.25) is 0 Å². The molecule has 0 aliphatic rings. The molecule has 7 nitrogen and oxygen atoms in total. The number of hydrogen-bond acceptors (Lipinski definition) is 7. The number of nitrogens with zero attached hydrogens (tertiary/aromatic N) is 2. The van der Waals surface area contributed by atoms with Crippen molar-refractivity contribution in [2.24, 2.45) is 0 Å². The van der Waals surface area contributed by atoms with Gasteiger partial charge in [0.25, 0.3) is 5.89 Å². The number of benzene rings is 2. The molecule has 0 aliphatic heterocycles. The van der Waals surface area contributed by atoms with Gasteiger partial charge in [0, 0.05) is 5.41 Å². The average Bonchev–Trinajstić information content (AvgIpc) is 3.21. The van der Waals surface area contributed by atoms with Crippen molar-refractivity contribution in [1.82, 2.24) is 10.1 Å². The molecule has 0 radical (unpaired) electrons. The van der Waals surface area contributed by atoms with Gasteiger partial charge in [0.15, 0.2) is 23.9 Å². The maximum absolute atomic E-state index is 12.4. The maximum Gasteiger partial charge on any atom is 0.338 e. The van der Waals surface area contributed by atoms with E-state index in [1.54, 1.807) is 18.2 Å². The van der Waals surface area contributed by atoms with Crippen LogP contribution in [0.4, 0.5) is 0 Å². The molecule has 0 amide bonds. The van der Waals surface area contributed by atoms with E-state index in [1.165, 1.54) is 7.11 Å². The van der Waals surface area contributed by atoms with Crippen LogP contribution in [0.25, 0.3) is 0 Å². The van der Waals surface area contributed by atoms with E-state index in [2.05, 4.69) is 10.1 Å². The highest BCUT2D eigenvalue weighted by Crippen LogP contribution is 2.29. The van der Waals surface area contributed by atoms with Crippen molar-refractivity contribution in [2.75, 3.05) is 7.11 Å². The summed E-state index contributed by atoms with van der Waals surface area (Å²) in [5, 5.41) is 3.91. The lowest BCUT2D eigenvalue weighted by Crippen LogP contribution is -2.13. The molecule has 3 aromatic rings. The molecule has 0 atom stereocenters. The fourth-order valence-corrected chi connectivity index (χ4v) is 2.48. The Balaban J connectivity index is 1.62. The first-order valence-electron chi connectivity index (χ1n) is 9.22. The summed E-state index contributed by atoms with van der Waals surface area (Å²) in [4.78, 5) is 16.6. The van der Waals surface area contributed by atoms with E-state index in [0.717, 1.165) is 5.56 Å². The molecule has 7 heteroatoms. The first kappa shape index (κ1) is 20.4. The van der Waals surface area contributed by atoms with Gasteiger partial charge in [-0.2, -0.15) is 4.98 Å². The lowest BCUT2D eigenvalue weighted by atomic mass is 9.96. The number of ether oxygens (including phenoxy) is 3. The zero-order chi connectivity index (χ0) is 20.9.